The first-order valence-electron chi connectivity index (χ1n) is 6.28. The summed E-state index contributed by atoms with van der Waals surface area (Å²) in [5, 5.41) is 2.88. The fourth-order valence-corrected chi connectivity index (χ4v) is 2.17. The van der Waals surface area contributed by atoms with Crippen LogP contribution in [0.1, 0.15) is 37.0 Å². The van der Waals surface area contributed by atoms with Crippen LogP contribution in [0.3, 0.4) is 0 Å². The number of hydrogen-bond acceptors (Lipinski definition) is 3. The van der Waals surface area contributed by atoms with Gasteiger partial charge >= 0.3 is 0 Å². The summed E-state index contributed by atoms with van der Waals surface area (Å²) in [6.07, 6.45) is 2.48. The molecule has 0 aliphatic rings. The van der Waals surface area contributed by atoms with Gasteiger partial charge in [-0.2, -0.15) is 0 Å². The second kappa shape index (κ2) is 7.94. The number of benzene rings is 1. The van der Waals surface area contributed by atoms with E-state index in [2.05, 4.69) is 21.2 Å². The number of amides is 1. The molecule has 0 fully saturated rings. The Bertz CT molecular complexity index is 444. The summed E-state index contributed by atoms with van der Waals surface area (Å²) < 4.78 is 6.08. The summed E-state index contributed by atoms with van der Waals surface area (Å²) in [6, 6.07) is 5.32. The summed E-state index contributed by atoms with van der Waals surface area (Å²) >= 11 is 3.30. The van der Waals surface area contributed by atoms with Crippen molar-refractivity contribution in [3.63, 3.8) is 0 Å². The van der Waals surface area contributed by atoms with Crippen LogP contribution in [0.25, 0.3) is 0 Å². The highest BCUT2D eigenvalue weighted by Crippen LogP contribution is 2.27. The van der Waals surface area contributed by atoms with Crippen molar-refractivity contribution >= 4 is 28.1 Å². The number of ether oxygens (including phenoxy) is 1. The molecular weight excluding hydrogens is 310 g/mol. The Balaban J connectivity index is 2.62. The van der Waals surface area contributed by atoms with Crippen molar-refractivity contribution in [1.82, 2.24) is 5.32 Å². The maximum Gasteiger partial charge on any atom is 0.258 e. The van der Waals surface area contributed by atoms with E-state index < -0.39 is 0 Å². The first-order chi connectivity index (χ1) is 9.12. The average molecular weight is 328 g/mol. The standard InChI is InChI=1S/C14H18BrNO3/c1-3-11(4-2)16-13(18)9-19-14-10(8-17)6-5-7-12(14)15/h5-8,11H,3-4,9H2,1-2H3,(H,16,18). The molecule has 1 amide bonds. The second-order valence-corrected chi connectivity index (χ2v) is 5.00. The Hall–Kier alpha value is -1.36. The number of aldehydes is 1. The van der Waals surface area contributed by atoms with Crippen molar-refractivity contribution in [3.05, 3.63) is 28.2 Å². The van der Waals surface area contributed by atoms with Gasteiger partial charge in [0.25, 0.3) is 5.91 Å². The minimum Gasteiger partial charge on any atom is -0.482 e. The van der Waals surface area contributed by atoms with Crippen molar-refractivity contribution in [1.29, 1.82) is 0 Å². The third kappa shape index (κ3) is 4.67. The van der Waals surface area contributed by atoms with E-state index >= 15 is 0 Å². The SMILES string of the molecule is CCC(CC)NC(=O)COc1c(Br)cccc1C=O. The molecule has 5 heteroatoms. The molecule has 0 saturated heterocycles. The van der Waals surface area contributed by atoms with Crippen LogP contribution in [0.4, 0.5) is 0 Å². The highest BCUT2D eigenvalue weighted by molar-refractivity contribution is 9.10. The zero-order valence-electron chi connectivity index (χ0n) is 11.1. The highest BCUT2D eigenvalue weighted by atomic mass is 79.9. The van der Waals surface area contributed by atoms with Gasteiger partial charge in [0.05, 0.1) is 10.0 Å². The van der Waals surface area contributed by atoms with Crippen LogP contribution in [0, 0.1) is 0 Å². The quantitative estimate of drug-likeness (QED) is 0.783. The van der Waals surface area contributed by atoms with Gasteiger partial charge in [0, 0.05) is 6.04 Å². The molecule has 1 N–H and O–H groups in total. The van der Waals surface area contributed by atoms with Gasteiger partial charge in [-0.25, -0.2) is 0 Å². The zero-order chi connectivity index (χ0) is 14.3. The molecule has 0 unspecified atom stereocenters. The van der Waals surface area contributed by atoms with Crippen molar-refractivity contribution in [2.75, 3.05) is 6.61 Å². The van der Waals surface area contributed by atoms with Gasteiger partial charge < -0.3 is 10.1 Å². The Labute approximate surface area is 121 Å². The van der Waals surface area contributed by atoms with E-state index in [9.17, 15) is 9.59 Å². The molecule has 19 heavy (non-hydrogen) atoms. The maximum atomic E-state index is 11.7. The van der Waals surface area contributed by atoms with Gasteiger partial charge in [-0.1, -0.05) is 19.9 Å². The van der Waals surface area contributed by atoms with E-state index in [4.69, 9.17) is 4.74 Å². The minimum atomic E-state index is -0.179. The van der Waals surface area contributed by atoms with Crippen molar-refractivity contribution in [2.45, 2.75) is 32.7 Å². The van der Waals surface area contributed by atoms with E-state index in [-0.39, 0.29) is 18.6 Å². The molecule has 1 rings (SSSR count). The molecule has 0 aromatic heterocycles. The number of nitrogens with one attached hydrogen (secondary N) is 1. The molecule has 0 atom stereocenters. The lowest BCUT2D eigenvalue weighted by molar-refractivity contribution is -0.123. The Morgan fingerprint density at radius 3 is 2.68 bits per heavy atom. The number of carbonyl (C=O) groups is 2. The topological polar surface area (TPSA) is 55.4 Å². The maximum absolute atomic E-state index is 11.7. The van der Waals surface area contributed by atoms with Crippen LogP contribution in [-0.4, -0.2) is 24.8 Å². The molecular formula is C14H18BrNO3. The van der Waals surface area contributed by atoms with Crippen molar-refractivity contribution in [3.8, 4) is 5.75 Å². The van der Waals surface area contributed by atoms with E-state index in [1.165, 1.54) is 0 Å². The molecule has 0 radical (unpaired) electrons. The van der Waals surface area contributed by atoms with Crippen LogP contribution in [0.2, 0.25) is 0 Å². The minimum absolute atomic E-state index is 0.0973. The molecule has 4 nitrogen and oxygen atoms in total. The third-order valence-electron chi connectivity index (χ3n) is 2.82. The second-order valence-electron chi connectivity index (χ2n) is 4.15. The van der Waals surface area contributed by atoms with Gasteiger partial charge in [-0.3, -0.25) is 9.59 Å². The molecule has 0 bridgehead atoms. The van der Waals surface area contributed by atoms with E-state index in [1.54, 1.807) is 18.2 Å². The lowest BCUT2D eigenvalue weighted by Crippen LogP contribution is -2.37. The number of para-hydroxylation sites is 1. The molecule has 1 aromatic rings. The highest BCUT2D eigenvalue weighted by Gasteiger charge is 2.12. The van der Waals surface area contributed by atoms with Crippen molar-refractivity contribution < 1.29 is 14.3 Å². The predicted molar refractivity (Wildman–Crippen MR) is 77.5 cm³/mol. The molecule has 104 valence electrons. The Morgan fingerprint density at radius 2 is 2.11 bits per heavy atom. The smallest absolute Gasteiger partial charge is 0.258 e. The molecule has 0 saturated carbocycles. The summed E-state index contributed by atoms with van der Waals surface area (Å²) in [6.45, 7) is 3.95. The largest absolute Gasteiger partial charge is 0.482 e. The van der Waals surface area contributed by atoms with Gasteiger partial charge in [-0.05, 0) is 40.9 Å². The first kappa shape index (κ1) is 15.7. The summed E-state index contributed by atoms with van der Waals surface area (Å²) in [5.74, 6) is 0.221. The molecule has 1 aromatic carbocycles. The molecule has 0 spiro atoms. The lowest BCUT2D eigenvalue weighted by atomic mass is 10.2. The van der Waals surface area contributed by atoms with Gasteiger partial charge in [0.15, 0.2) is 12.9 Å². The van der Waals surface area contributed by atoms with E-state index in [1.807, 2.05) is 13.8 Å². The van der Waals surface area contributed by atoms with Crippen LogP contribution < -0.4 is 10.1 Å². The third-order valence-corrected chi connectivity index (χ3v) is 3.45. The number of carbonyl (C=O) groups excluding carboxylic acids is 2. The van der Waals surface area contributed by atoms with Crippen LogP contribution in [0.5, 0.6) is 5.75 Å². The Morgan fingerprint density at radius 1 is 1.42 bits per heavy atom. The average Bonchev–Trinajstić information content (AvgIpc) is 2.43. The summed E-state index contributed by atoms with van der Waals surface area (Å²) in [4.78, 5) is 22.6. The van der Waals surface area contributed by atoms with Gasteiger partial charge in [0.1, 0.15) is 5.75 Å². The zero-order valence-corrected chi connectivity index (χ0v) is 12.7. The fourth-order valence-electron chi connectivity index (χ4n) is 1.67. The normalized spacial score (nSPS) is 10.3. The monoisotopic (exact) mass is 327 g/mol. The molecule has 0 aliphatic heterocycles. The van der Waals surface area contributed by atoms with Crippen molar-refractivity contribution in [2.24, 2.45) is 0 Å². The molecule has 0 aliphatic carbocycles. The van der Waals surface area contributed by atoms with Gasteiger partial charge in [0.2, 0.25) is 0 Å². The fraction of sp³-hybridized carbons (Fsp3) is 0.429. The Kier molecular flexibility index (Phi) is 6.56. The van der Waals surface area contributed by atoms with Crippen LogP contribution in [0.15, 0.2) is 22.7 Å². The molecule has 0 heterocycles. The van der Waals surface area contributed by atoms with Gasteiger partial charge in [-0.15, -0.1) is 0 Å². The number of halogens is 1. The number of rotatable bonds is 7. The van der Waals surface area contributed by atoms with Crippen LogP contribution >= 0.6 is 15.9 Å². The van der Waals surface area contributed by atoms with E-state index in [0.717, 1.165) is 12.8 Å². The first-order valence-corrected chi connectivity index (χ1v) is 7.07. The summed E-state index contributed by atoms with van der Waals surface area (Å²) in [5.41, 5.74) is 0.421. The lowest BCUT2D eigenvalue weighted by Gasteiger charge is -2.15. The van der Waals surface area contributed by atoms with E-state index in [0.29, 0.717) is 22.1 Å². The van der Waals surface area contributed by atoms with Crippen LogP contribution in [-0.2, 0) is 4.79 Å². The number of hydrogen-bond donors (Lipinski definition) is 1. The summed E-state index contributed by atoms with van der Waals surface area (Å²) in [7, 11) is 0. The predicted octanol–water partition coefficient (Wildman–Crippen LogP) is 2.95.